The van der Waals surface area contributed by atoms with Crippen LogP contribution in [0.25, 0.3) is 0 Å². The number of benzene rings is 1. The first-order chi connectivity index (χ1) is 8.30. The molecule has 0 radical (unpaired) electrons. The maximum atomic E-state index is 10.9. The van der Waals surface area contributed by atoms with Crippen LogP contribution in [-0.4, -0.2) is 10.7 Å². The molecule has 17 heavy (non-hydrogen) atoms. The van der Waals surface area contributed by atoms with Crippen molar-refractivity contribution in [3.05, 3.63) is 35.4 Å². The molecule has 3 atom stereocenters. The van der Waals surface area contributed by atoms with Gasteiger partial charge in [-0.05, 0) is 61.0 Å². The molecule has 2 saturated carbocycles. The zero-order valence-corrected chi connectivity index (χ0v) is 10.2. The summed E-state index contributed by atoms with van der Waals surface area (Å²) < 4.78 is 0. The molecule has 0 amide bonds. The molecule has 90 valence electrons. The first-order valence-corrected chi connectivity index (χ1v) is 7.09. The van der Waals surface area contributed by atoms with Crippen LogP contribution in [0.15, 0.2) is 24.3 Å². The monoisotopic (exact) mass is 228 g/mol. The van der Waals surface area contributed by atoms with E-state index in [0.717, 1.165) is 6.42 Å². The van der Waals surface area contributed by atoms with Crippen LogP contribution in [-0.2, 0) is 12.8 Å². The number of fused-ring (bicyclic) bond motifs is 2. The van der Waals surface area contributed by atoms with Gasteiger partial charge in [0.05, 0.1) is 5.60 Å². The minimum absolute atomic E-state index is 0.272. The molecule has 0 spiro atoms. The van der Waals surface area contributed by atoms with E-state index in [1.807, 2.05) is 0 Å². The highest BCUT2D eigenvalue weighted by molar-refractivity contribution is 5.32. The molecular weight excluding hydrogens is 208 g/mol. The van der Waals surface area contributed by atoms with Crippen LogP contribution in [0.5, 0.6) is 0 Å². The fourth-order valence-corrected chi connectivity index (χ4v) is 4.67. The van der Waals surface area contributed by atoms with Crippen molar-refractivity contribution in [3.8, 4) is 0 Å². The van der Waals surface area contributed by atoms with Crippen LogP contribution in [0.3, 0.4) is 0 Å². The third-order valence-corrected chi connectivity index (χ3v) is 5.60. The summed E-state index contributed by atoms with van der Waals surface area (Å²) in [6, 6.07) is 8.78. The summed E-state index contributed by atoms with van der Waals surface area (Å²) in [6.45, 7) is 0. The van der Waals surface area contributed by atoms with Crippen molar-refractivity contribution >= 4 is 0 Å². The number of aliphatic hydroxyl groups is 1. The Kier molecular flexibility index (Phi) is 2.00. The van der Waals surface area contributed by atoms with Crippen molar-refractivity contribution < 1.29 is 5.11 Å². The number of hydrogen-bond donors (Lipinski definition) is 1. The number of aryl methyl sites for hydroxylation is 1. The Balaban J connectivity index is 1.59. The van der Waals surface area contributed by atoms with Gasteiger partial charge in [0.25, 0.3) is 0 Å². The first-order valence-electron chi connectivity index (χ1n) is 7.09. The molecule has 4 rings (SSSR count). The highest BCUT2D eigenvalue weighted by Crippen LogP contribution is 2.65. The van der Waals surface area contributed by atoms with Gasteiger partial charge in [-0.1, -0.05) is 30.7 Å². The molecule has 1 nitrogen and oxygen atoms in total. The molecule has 1 N–H and O–H groups in total. The second-order valence-corrected chi connectivity index (χ2v) is 6.24. The number of hydrogen-bond acceptors (Lipinski definition) is 1. The highest BCUT2D eigenvalue weighted by Gasteiger charge is 2.68. The Morgan fingerprint density at radius 2 is 1.71 bits per heavy atom. The number of rotatable bonds is 1. The maximum Gasteiger partial charge on any atom is 0.0742 e. The van der Waals surface area contributed by atoms with Crippen LogP contribution in [0.2, 0.25) is 0 Å². The van der Waals surface area contributed by atoms with Crippen LogP contribution >= 0.6 is 0 Å². The minimum Gasteiger partial charge on any atom is -0.389 e. The topological polar surface area (TPSA) is 20.2 Å². The van der Waals surface area contributed by atoms with Gasteiger partial charge < -0.3 is 5.11 Å². The van der Waals surface area contributed by atoms with Crippen LogP contribution in [0.4, 0.5) is 0 Å². The van der Waals surface area contributed by atoms with Crippen molar-refractivity contribution in [2.75, 3.05) is 0 Å². The first kappa shape index (κ1) is 10.1. The molecule has 0 aromatic heterocycles. The lowest BCUT2D eigenvalue weighted by Crippen LogP contribution is -2.32. The van der Waals surface area contributed by atoms with E-state index in [2.05, 4.69) is 24.3 Å². The molecule has 0 aliphatic heterocycles. The molecule has 0 saturated heterocycles. The molecule has 0 bridgehead atoms. The molecule has 0 heterocycles. The lowest BCUT2D eigenvalue weighted by molar-refractivity contribution is 0.0366. The van der Waals surface area contributed by atoms with Gasteiger partial charge in [0, 0.05) is 0 Å². The summed E-state index contributed by atoms with van der Waals surface area (Å²) in [6.07, 6.45) is 7.38. The summed E-state index contributed by atoms with van der Waals surface area (Å²) in [5.41, 5.74) is 2.73. The lowest BCUT2D eigenvalue weighted by atomic mass is 9.77. The average Bonchev–Trinajstić information content (AvgIpc) is 2.79. The fraction of sp³-hybridized carbons (Fsp3) is 0.625. The summed E-state index contributed by atoms with van der Waals surface area (Å²) in [4.78, 5) is 0. The molecule has 3 unspecified atom stereocenters. The van der Waals surface area contributed by atoms with E-state index in [0.29, 0.717) is 17.8 Å². The summed E-state index contributed by atoms with van der Waals surface area (Å²) in [7, 11) is 0. The van der Waals surface area contributed by atoms with Crippen molar-refractivity contribution in [2.45, 2.75) is 44.1 Å². The van der Waals surface area contributed by atoms with Gasteiger partial charge in [-0.2, -0.15) is 0 Å². The fourth-order valence-electron chi connectivity index (χ4n) is 4.67. The summed E-state index contributed by atoms with van der Waals surface area (Å²) >= 11 is 0. The van der Waals surface area contributed by atoms with Crippen molar-refractivity contribution in [1.82, 2.24) is 0 Å². The maximum absolute atomic E-state index is 10.9. The standard InChI is InChI=1S/C16H20O/c17-16(14-6-3-7-15(14)16)13-9-8-11-4-1-2-5-12(11)10-13/h1-2,4-5,13-15,17H,3,6-10H2. The smallest absolute Gasteiger partial charge is 0.0742 e. The van der Waals surface area contributed by atoms with Gasteiger partial charge in [0.2, 0.25) is 0 Å². The molecule has 1 aromatic rings. The minimum atomic E-state index is -0.272. The van der Waals surface area contributed by atoms with Crippen molar-refractivity contribution in [2.24, 2.45) is 17.8 Å². The summed E-state index contributed by atoms with van der Waals surface area (Å²) in [5.74, 6) is 1.84. The lowest BCUT2D eigenvalue weighted by Gasteiger charge is -2.31. The Morgan fingerprint density at radius 3 is 2.47 bits per heavy atom. The van der Waals surface area contributed by atoms with Gasteiger partial charge in [-0.3, -0.25) is 0 Å². The molecule has 3 aliphatic carbocycles. The molecule has 1 heteroatoms. The van der Waals surface area contributed by atoms with Gasteiger partial charge in [0.1, 0.15) is 0 Å². The molecule has 3 aliphatic rings. The normalized spacial score (nSPS) is 43.0. The van der Waals surface area contributed by atoms with Crippen molar-refractivity contribution in [1.29, 1.82) is 0 Å². The van der Waals surface area contributed by atoms with Gasteiger partial charge >= 0.3 is 0 Å². The molecular formula is C16H20O. The SMILES string of the molecule is OC1(C2CCc3ccccc3C2)C2CCCC21. The van der Waals surface area contributed by atoms with E-state index < -0.39 is 0 Å². The molecule has 2 fully saturated rings. The van der Waals surface area contributed by atoms with Crippen LogP contribution in [0, 0.1) is 17.8 Å². The van der Waals surface area contributed by atoms with Crippen molar-refractivity contribution in [3.63, 3.8) is 0 Å². The predicted octanol–water partition coefficient (Wildman–Crippen LogP) is 2.95. The quantitative estimate of drug-likeness (QED) is 0.783. The van der Waals surface area contributed by atoms with E-state index in [4.69, 9.17) is 0 Å². The molecule has 1 aromatic carbocycles. The van der Waals surface area contributed by atoms with Crippen LogP contribution in [0.1, 0.15) is 36.8 Å². The second-order valence-electron chi connectivity index (χ2n) is 6.24. The Bertz CT molecular complexity index is 441. The van der Waals surface area contributed by atoms with Gasteiger partial charge in [-0.25, -0.2) is 0 Å². The highest BCUT2D eigenvalue weighted by atomic mass is 16.3. The Labute approximate surface area is 103 Å². The average molecular weight is 228 g/mol. The van der Waals surface area contributed by atoms with E-state index in [9.17, 15) is 5.11 Å². The predicted molar refractivity (Wildman–Crippen MR) is 67.7 cm³/mol. The second kappa shape index (κ2) is 3.35. The van der Waals surface area contributed by atoms with E-state index in [-0.39, 0.29) is 5.60 Å². The van der Waals surface area contributed by atoms with Gasteiger partial charge in [-0.15, -0.1) is 0 Å². The zero-order chi connectivity index (χ0) is 11.5. The third-order valence-electron chi connectivity index (χ3n) is 5.60. The van der Waals surface area contributed by atoms with Crippen LogP contribution < -0.4 is 0 Å². The van der Waals surface area contributed by atoms with E-state index in [1.54, 1.807) is 0 Å². The third kappa shape index (κ3) is 1.29. The summed E-state index contributed by atoms with van der Waals surface area (Å²) in [5, 5.41) is 10.9. The Morgan fingerprint density at radius 1 is 1.00 bits per heavy atom. The van der Waals surface area contributed by atoms with E-state index in [1.165, 1.54) is 43.2 Å². The zero-order valence-electron chi connectivity index (χ0n) is 10.2. The van der Waals surface area contributed by atoms with Gasteiger partial charge in [0.15, 0.2) is 0 Å². The Hall–Kier alpha value is -0.820. The van der Waals surface area contributed by atoms with E-state index >= 15 is 0 Å². The largest absolute Gasteiger partial charge is 0.389 e.